The number of aliphatic hydroxyl groups excluding tert-OH is 1. The van der Waals surface area contributed by atoms with Gasteiger partial charge in [0.05, 0.1) is 25.1 Å². The number of rotatable bonds is 4. The lowest BCUT2D eigenvalue weighted by Crippen LogP contribution is -2.32. The summed E-state index contributed by atoms with van der Waals surface area (Å²) in [5, 5.41) is 8.73. The van der Waals surface area contributed by atoms with Crippen LogP contribution in [0.1, 0.15) is 0 Å². The van der Waals surface area contributed by atoms with Crippen LogP contribution in [-0.4, -0.2) is 32.9 Å². The Morgan fingerprint density at radius 2 is 2.13 bits per heavy atom. The summed E-state index contributed by atoms with van der Waals surface area (Å²) in [5.74, 6) is -0.515. The van der Waals surface area contributed by atoms with E-state index in [1.807, 2.05) is 0 Å². The van der Waals surface area contributed by atoms with E-state index >= 15 is 0 Å². The average Bonchev–Trinajstić information content (AvgIpc) is 2.12. The van der Waals surface area contributed by atoms with Gasteiger partial charge >= 0.3 is 0 Å². The van der Waals surface area contributed by atoms with E-state index in [2.05, 4.69) is 0 Å². The van der Waals surface area contributed by atoms with Crippen molar-refractivity contribution >= 4 is 15.7 Å². The van der Waals surface area contributed by atoms with E-state index in [-0.39, 0.29) is 18.8 Å². The largest absolute Gasteiger partial charge is 0.394 e. The molecule has 0 unspecified atom stereocenters. The van der Waals surface area contributed by atoms with Gasteiger partial charge in [-0.2, -0.15) is 0 Å². The number of aliphatic hydroxyl groups is 1. The zero-order chi connectivity index (χ0) is 11.5. The van der Waals surface area contributed by atoms with E-state index in [0.29, 0.717) is 0 Å². The number of benzene rings is 1. The Kier molecular flexibility index (Phi) is 3.65. The van der Waals surface area contributed by atoms with E-state index in [9.17, 15) is 12.8 Å². The van der Waals surface area contributed by atoms with E-state index in [1.54, 1.807) is 0 Å². The van der Waals surface area contributed by atoms with Crippen LogP contribution in [0.4, 0.5) is 10.1 Å². The van der Waals surface area contributed by atoms with Crippen molar-refractivity contribution in [3.8, 4) is 0 Å². The predicted molar refractivity (Wildman–Crippen MR) is 55.7 cm³/mol. The summed E-state index contributed by atoms with van der Waals surface area (Å²) in [7, 11) is -3.49. The molecule has 0 aliphatic carbocycles. The van der Waals surface area contributed by atoms with Crippen LogP contribution in [0.25, 0.3) is 0 Å². The molecular weight excluding hydrogens is 221 g/mol. The third-order valence-corrected chi connectivity index (χ3v) is 2.99. The summed E-state index contributed by atoms with van der Waals surface area (Å²) < 4.78 is 36.5. The molecule has 84 valence electrons. The molecule has 6 heteroatoms. The summed E-state index contributed by atoms with van der Waals surface area (Å²) in [6.45, 7) is -0.397. The van der Waals surface area contributed by atoms with Gasteiger partial charge in [-0.3, -0.25) is 4.31 Å². The van der Waals surface area contributed by atoms with Crippen LogP contribution in [0.2, 0.25) is 0 Å². The molecule has 0 aliphatic rings. The Hall–Kier alpha value is -1.14. The highest BCUT2D eigenvalue weighted by atomic mass is 32.2. The number of anilines is 1. The Morgan fingerprint density at radius 3 is 2.60 bits per heavy atom. The highest BCUT2D eigenvalue weighted by Gasteiger charge is 2.16. The molecule has 1 rings (SSSR count). The normalized spacial score (nSPS) is 11.4. The Bertz CT molecular complexity index is 433. The van der Waals surface area contributed by atoms with Gasteiger partial charge in [0.1, 0.15) is 5.82 Å². The maximum Gasteiger partial charge on any atom is 0.232 e. The molecule has 0 heterocycles. The fourth-order valence-corrected chi connectivity index (χ4v) is 2.12. The van der Waals surface area contributed by atoms with Gasteiger partial charge in [0.25, 0.3) is 0 Å². The molecule has 1 aromatic carbocycles. The van der Waals surface area contributed by atoms with E-state index in [4.69, 9.17) is 5.11 Å². The van der Waals surface area contributed by atoms with Gasteiger partial charge < -0.3 is 5.11 Å². The zero-order valence-corrected chi connectivity index (χ0v) is 9.04. The Balaban J connectivity index is 3.10. The van der Waals surface area contributed by atoms with Gasteiger partial charge in [-0.1, -0.05) is 6.07 Å². The molecule has 0 saturated carbocycles. The monoisotopic (exact) mass is 233 g/mol. The molecule has 4 nitrogen and oxygen atoms in total. The van der Waals surface area contributed by atoms with Gasteiger partial charge in [0.15, 0.2) is 0 Å². The molecule has 1 aromatic rings. The third kappa shape index (κ3) is 3.17. The quantitative estimate of drug-likeness (QED) is 0.827. The van der Waals surface area contributed by atoms with Crippen molar-refractivity contribution in [2.75, 3.05) is 23.7 Å². The highest BCUT2D eigenvalue weighted by molar-refractivity contribution is 7.92. The third-order valence-electron chi connectivity index (χ3n) is 1.80. The zero-order valence-electron chi connectivity index (χ0n) is 8.22. The minimum absolute atomic E-state index is 0.0811. The van der Waals surface area contributed by atoms with Crippen LogP contribution in [0.5, 0.6) is 0 Å². The maximum atomic E-state index is 12.9. The number of hydrogen-bond acceptors (Lipinski definition) is 3. The second-order valence-corrected chi connectivity index (χ2v) is 4.95. The highest BCUT2D eigenvalue weighted by Crippen LogP contribution is 2.17. The fourth-order valence-electron chi connectivity index (χ4n) is 1.21. The van der Waals surface area contributed by atoms with Crippen molar-refractivity contribution in [3.63, 3.8) is 0 Å². The molecule has 0 aromatic heterocycles. The molecule has 15 heavy (non-hydrogen) atoms. The van der Waals surface area contributed by atoms with Crippen molar-refractivity contribution in [2.24, 2.45) is 0 Å². The molecule has 0 radical (unpaired) electrons. The maximum absolute atomic E-state index is 12.9. The summed E-state index contributed by atoms with van der Waals surface area (Å²) in [5.41, 5.74) is 0.214. The lowest BCUT2D eigenvalue weighted by Gasteiger charge is -2.21. The first-order valence-corrected chi connectivity index (χ1v) is 6.14. The molecule has 0 saturated heterocycles. The molecule has 0 spiro atoms. The fraction of sp³-hybridized carbons (Fsp3) is 0.333. The lowest BCUT2D eigenvalue weighted by atomic mass is 10.3. The van der Waals surface area contributed by atoms with Crippen molar-refractivity contribution < 1.29 is 17.9 Å². The smallest absolute Gasteiger partial charge is 0.232 e. The lowest BCUT2D eigenvalue weighted by molar-refractivity contribution is 0.306. The Morgan fingerprint density at radius 1 is 1.47 bits per heavy atom. The van der Waals surface area contributed by atoms with Crippen LogP contribution in [0.3, 0.4) is 0 Å². The second-order valence-electron chi connectivity index (χ2n) is 3.04. The van der Waals surface area contributed by atoms with Crippen LogP contribution in [0, 0.1) is 5.82 Å². The minimum atomic E-state index is -3.49. The van der Waals surface area contributed by atoms with E-state index < -0.39 is 15.8 Å². The Labute approximate surface area is 88.0 Å². The minimum Gasteiger partial charge on any atom is -0.394 e. The molecule has 0 fully saturated rings. The van der Waals surface area contributed by atoms with Crippen molar-refractivity contribution in [2.45, 2.75) is 0 Å². The van der Waals surface area contributed by atoms with Crippen molar-refractivity contribution in [1.82, 2.24) is 0 Å². The predicted octanol–water partition coefficient (Wildman–Crippen LogP) is 0.584. The van der Waals surface area contributed by atoms with Gasteiger partial charge in [0.2, 0.25) is 10.0 Å². The summed E-state index contributed by atoms with van der Waals surface area (Å²) in [6, 6.07) is 5.22. The van der Waals surface area contributed by atoms with Crippen molar-refractivity contribution in [1.29, 1.82) is 0 Å². The average molecular weight is 233 g/mol. The van der Waals surface area contributed by atoms with Crippen LogP contribution in [-0.2, 0) is 10.0 Å². The molecule has 0 amide bonds. The number of sulfonamides is 1. The molecular formula is C9H12FNO3S. The van der Waals surface area contributed by atoms with Gasteiger partial charge in [-0.15, -0.1) is 0 Å². The van der Waals surface area contributed by atoms with Crippen LogP contribution in [0.15, 0.2) is 24.3 Å². The number of hydrogen-bond donors (Lipinski definition) is 1. The topological polar surface area (TPSA) is 57.6 Å². The first-order chi connectivity index (χ1) is 6.95. The number of nitrogens with zero attached hydrogens (tertiary/aromatic N) is 1. The van der Waals surface area contributed by atoms with Crippen LogP contribution < -0.4 is 4.31 Å². The number of halogens is 1. The van der Waals surface area contributed by atoms with Gasteiger partial charge in [-0.05, 0) is 18.2 Å². The van der Waals surface area contributed by atoms with Gasteiger partial charge in [0, 0.05) is 0 Å². The molecule has 0 aliphatic heterocycles. The summed E-state index contributed by atoms with van der Waals surface area (Å²) in [4.78, 5) is 0. The van der Waals surface area contributed by atoms with Gasteiger partial charge in [-0.25, -0.2) is 12.8 Å². The van der Waals surface area contributed by atoms with E-state index in [1.165, 1.54) is 18.2 Å². The summed E-state index contributed by atoms with van der Waals surface area (Å²) >= 11 is 0. The standard InChI is InChI=1S/C9H12FNO3S/c1-15(13,14)11(5-6-12)9-4-2-3-8(10)7-9/h2-4,7,12H,5-6H2,1H3. The molecule has 0 atom stereocenters. The van der Waals surface area contributed by atoms with Crippen LogP contribution >= 0.6 is 0 Å². The second kappa shape index (κ2) is 4.59. The molecule has 0 bridgehead atoms. The van der Waals surface area contributed by atoms with Crippen molar-refractivity contribution in [3.05, 3.63) is 30.1 Å². The summed E-state index contributed by atoms with van der Waals surface area (Å²) in [6.07, 6.45) is 1.01. The first kappa shape index (κ1) is 11.9. The SMILES string of the molecule is CS(=O)(=O)N(CCO)c1cccc(F)c1. The molecule has 1 N–H and O–H groups in total. The van der Waals surface area contributed by atoms with E-state index in [0.717, 1.165) is 16.6 Å². The first-order valence-electron chi connectivity index (χ1n) is 4.29.